The number of nitrogens with zero attached hydrogens (tertiary/aromatic N) is 3. The van der Waals surface area contributed by atoms with E-state index in [0.717, 1.165) is 12.1 Å². The Bertz CT molecular complexity index is 2010. The van der Waals surface area contributed by atoms with Crippen molar-refractivity contribution >= 4 is 40.3 Å². The fourth-order valence-corrected chi connectivity index (χ4v) is 7.25. The molecule has 4 aromatic rings. The van der Waals surface area contributed by atoms with Gasteiger partial charge in [-0.25, -0.2) is 9.59 Å². The van der Waals surface area contributed by atoms with Gasteiger partial charge in [-0.1, -0.05) is 24.3 Å². The third-order valence-corrected chi connectivity index (χ3v) is 9.57. The summed E-state index contributed by atoms with van der Waals surface area (Å²) >= 11 is 0. The molecule has 7 rings (SSSR count). The molecule has 0 saturated carbocycles. The van der Waals surface area contributed by atoms with Crippen LogP contribution in [-0.2, 0) is 11.3 Å². The Balaban J connectivity index is 1.16. The van der Waals surface area contributed by atoms with E-state index < -0.39 is 11.5 Å². The molecule has 248 valence electrons. The second-order valence-corrected chi connectivity index (χ2v) is 12.7. The van der Waals surface area contributed by atoms with Crippen LogP contribution in [0.4, 0.5) is 16.2 Å². The van der Waals surface area contributed by atoms with Gasteiger partial charge in [-0.2, -0.15) is 0 Å². The zero-order chi connectivity index (χ0) is 33.4. The fourth-order valence-electron chi connectivity index (χ4n) is 7.25. The molecule has 48 heavy (non-hydrogen) atoms. The number of benzene rings is 2. The maximum atomic E-state index is 13.7. The number of aromatic nitrogens is 1. The lowest BCUT2D eigenvalue weighted by molar-refractivity contribution is 0.0859. The zero-order valence-electron chi connectivity index (χ0n) is 26.6. The SMILES string of the molecule is CCOC(=O)N1CCC(NC(=O)c2ccc(N3CC4CC(C3)c3cccc(=O)n3C4)c(NC(=O)c3cc4ccccc4oc3=O)c2)CC1. The molecular weight excluding hydrogens is 614 g/mol. The van der Waals surface area contributed by atoms with Gasteiger partial charge in [0.1, 0.15) is 11.1 Å². The van der Waals surface area contributed by atoms with E-state index in [0.29, 0.717) is 80.1 Å². The number of likely N-dealkylation sites (tertiary alicyclic amines) is 1. The van der Waals surface area contributed by atoms with Crippen LogP contribution in [0, 0.1) is 5.92 Å². The highest BCUT2D eigenvalue weighted by Gasteiger charge is 2.35. The van der Waals surface area contributed by atoms with Crippen LogP contribution < -0.4 is 26.7 Å². The average Bonchev–Trinajstić information content (AvgIpc) is 3.08. The molecule has 2 unspecified atom stereocenters. The van der Waals surface area contributed by atoms with E-state index in [1.165, 1.54) is 6.07 Å². The number of ether oxygens (including phenoxy) is 1. The number of hydrogen-bond donors (Lipinski definition) is 2. The van der Waals surface area contributed by atoms with E-state index in [1.807, 2.05) is 16.7 Å². The van der Waals surface area contributed by atoms with Gasteiger partial charge < -0.3 is 34.2 Å². The summed E-state index contributed by atoms with van der Waals surface area (Å²) in [5.41, 5.74) is 1.92. The first-order valence-electron chi connectivity index (χ1n) is 16.4. The first-order valence-corrected chi connectivity index (χ1v) is 16.4. The maximum Gasteiger partial charge on any atom is 0.409 e. The van der Waals surface area contributed by atoms with Crippen LogP contribution in [-0.4, -0.2) is 66.2 Å². The molecule has 2 saturated heterocycles. The first-order chi connectivity index (χ1) is 23.3. The predicted octanol–water partition coefficient (Wildman–Crippen LogP) is 4.18. The second-order valence-electron chi connectivity index (χ2n) is 12.7. The average molecular weight is 652 g/mol. The van der Waals surface area contributed by atoms with Gasteiger partial charge in [-0.3, -0.25) is 14.4 Å². The first kappa shape index (κ1) is 31.2. The van der Waals surface area contributed by atoms with Crippen LogP contribution in [0.5, 0.6) is 0 Å². The van der Waals surface area contributed by atoms with E-state index in [-0.39, 0.29) is 41.0 Å². The highest BCUT2D eigenvalue weighted by atomic mass is 16.6. The molecule has 3 aliphatic heterocycles. The molecule has 2 aromatic carbocycles. The van der Waals surface area contributed by atoms with Crippen LogP contribution in [0.2, 0.25) is 0 Å². The molecule has 3 aliphatic rings. The van der Waals surface area contributed by atoms with Crippen molar-refractivity contribution in [2.45, 2.75) is 44.7 Å². The number of piperidine rings is 2. The van der Waals surface area contributed by atoms with Gasteiger partial charge >= 0.3 is 11.7 Å². The van der Waals surface area contributed by atoms with E-state index in [1.54, 1.807) is 60.4 Å². The van der Waals surface area contributed by atoms with Crippen molar-refractivity contribution in [3.63, 3.8) is 0 Å². The van der Waals surface area contributed by atoms with Gasteiger partial charge in [-0.05, 0) is 68.5 Å². The molecule has 12 nitrogen and oxygen atoms in total. The summed E-state index contributed by atoms with van der Waals surface area (Å²) in [6, 6.07) is 18.9. The molecule has 2 bridgehead atoms. The fraction of sp³-hybridized carbons (Fsp3) is 0.361. The predicted molar refractivity (Wildman–Crippen MR) is 180 cm³/mol. The Morgan fingerprint density at radius 3 is 2.54 bits per heavy atom. The van der Waals surface area contributed by atoms with E-state index in [4.69, 9.17) is 9.15 Å². The molecular formula is C36H37N5O7. The van der Waals surface area contributed by atoms with E-state index >= 15 is 0 Å². The number of carbonyl (C=O) groups excluding carboxylic acids is 3. The topological polar surface area (TPSA) is 143 Å². The van der Waals surface area contributed by atoms with Crippen molar-refractivity contribution in [1.82, 2.24) is 14.8 Å². The third kappa shape index (κ3) is 6.17. The largest absolute Gasteiger partial charge is 0.450 e. The quantitative estimate of drug-likeness (QED) is 0.296. The highest BCUT2D eigenvalue weighted by Crippen LogP contribution is 2.39. The minimum Gasteiger partial charge on any atom is -0.450 e. The summed E-state index contributed by atoms with van der Waals surface area (Å²) in [6.45, 7) is 4.91. The second kappa shape index (κ2) is 13.0. The van der Waals surface area contributed by atoms with Gasteiger partial charge in [0.2, 0.25) is 0 Å². The zero-order valence-corrected chi connectivity index (χ0v) is 26.6. The monoisotopic (exact) mass is 651 g/mol. The van der Waals surface area contributed by atoms with Crippen molar-refractivity contribution < 1.29 is 23.5 Å². The van der Waals surface area contributed by atoms with E-state index in [9.17, 15) is 24.0 Å². The molecule has 3 amide bonds. The van der Waals surface area contributed by atoms with Gasteiger partial charge in [0.15, 0.2) is 0 Å². The minimum absolute atomic E-state index is 0.000231. The van der Waals surface area contributed by atoms with Gasteiger partial charge in [0.05, 0.1) is 18.0 Å². The third-order valence-electron chi connectivity index (χ3n) is 9.57. The number of carbonyl (C=O) groups is 3. The molecule has 0 spiro atoms. The summed E-state index contributed by atoms with van der Waals surface area (Å²) in [6.07, 6.45) is 1.78. The Morgan fingerprint density at radius 1 is 0.917 bits per heavy atom. The molecule has 12 heteroatoms. The summed E-state index contributed by atoms with van der Waals surface area (Å²) in [7, 11) is 0. The van der Waals surface area contributed by atoms with Crippen LogP contribution in [0.25, 0.3) is 11.0 Å². The van der Waals surface area contributed by atoms with Gasteiger partial charge in [0, 0.05) is 67.4 Å². The summed E-state index contributed by atoms with van der Waals surface area (Å²) in [5, 5.41) is 6.61. The van der Waals surface area contributed by atoms with Crippen LogP contribution >= 0.6 is 0 Å². The van der Waals surface area contributed by atoms with E-state index in [2.05, 4.69) is 15.5 Å². The van der Waals surface area contributed by atoms with Crippen molar-refractivity contribution in [3.8, 4) is 0 Å². The van der Waals surface area contributed by atoms with Crippen LogP contribution in [0.15, 0.2) is 80.7 Å². The Morgan fingerprint density at radius 2 is 1.73 bits per heavy atom. The Hall–Kier alpha value is -5.39. The number of hydrogen-bond acceptors (Lipinski definition) is 8. The molecule has 2 atom stereocenters. The molecule has 2 aromatic heterocycles. The van der Waals surface area contributed by atoms with Crippen LogP contribution in [0.1, 0.15) is 58.5 Å². The smallest absolute Gasteiger partial charge is 0.409 e. The standard InChI is InChI=1S/C36H37N5O7/c1-2-47-36(46)39-14-12-26(13-15-39)37-33(43)24-10-11-30(40-19-22-16-25(21-40)29-7-5-9-32(42)41(29)20-22)28(18-24)38-34(44)27-17-23-6-3-4-8-31(23)48-35(27)45/h3-11,17-18,22,25-26H,2,12-16,19-21H2,1H3,(H,37,43)(H,38,44). The normalized spacial score (nSPS) is 19.0. The number of rotatable bonds is 6. The minimum atomic E-state index is -0.759. The number of anilines is 2. The van der Waals surface area contributed by atoms with Crippen molar-refractivity contribution in [2.75, 3.05) is 43.0 Å². The number of pyridine rings is 1. The molecule has 2 fully saturated rings. The van der Waals surface area contributed by atoms with Crippen molar-refractivity contribution in [2.24, 2.45) is 5.92 Å². The lowest BCUT2D eigenvalue weighted by Gasteiger charge is -2.44. The Labute approximate surface area is 276 Å². The summed E-state index contributed by atoms with van der Waals surface area (Å²) in [4.78, 5) is 68.6. The van der Waals surface area contributed by atoms with Crippen LogP contribution in [0.3, 0.4) is 0 Å². The Kier molecular flexibility index (Phi) is 8.47. The highest BCUT2D eigenvalue weighted by molar-refractivity contribution is 6.08. The lowest BCUT2D eigenvalue weighted by Crippen LogP contribution is -2.47. The van der Waals surface area contributed by atoms with Gasteiger partial charge in [0.25, 0.3) is 17.4 Å². The number of para-hydroxylation sites is 1. The van der Waals surface area contributed by atoms with Crippen molar-refractivity contribution in [1.29, 1.82) is 0 Å². The summed E-state index contributed by atoms with van der Waals surface area (Å²) < 4.78 is 12.4. The number of fused-ring (bicyclic) bond motifs is 5. The molecule has 0 aliphatic carbocycles. The molecule has 2 N–H and O–H groups in total. The lowest BCUT2D eigenvalue weighted by atomic mass is 9.83. The van der Waals surface area contributed by atoms with Gasteiger partial charge in [-0.15, -0.1) is 0 Å². The number of amides is 3. The number of nitrogens with one attached hydrogen (secondary N) is 2. The molecule has 0 radical (unpaired) electrons. The summed E-state index contributed by atoms with van der Waals surface area (Å²) in [5.74, 6) is -0.615. The van der Waals surface area contributed by atoms with Crippen molar-refractivity contribution in [3.05, 3.63) is 104 Å². The molecule has 5 heterocycles. The maximum absolute atomic E-state index is 13.7.